The molecule has 21 heavy (non-hydrogen) atoms. The van der Waals surface area contributed by atoms with E-state index in [-0.39, 0.29) is 11.3 Å². The SMILES string of the molecule is Cc1cccc(OCCC(=O)NCC(C)(C)CCCBr)c1. The number of benzene rings is 1. The summed E-state index contributed by atoms with van der Waals surface area (Å²) in [6, 6.07) is 7.86. The van der Waals surface area contributed by atoms with E-state index in [9.17, 15) is 4.79 Å². The highest BCUT2D eigenvalue weighted by atomic mass is 79.9. The van der Waals surface area contributed by atoms with Gasteiger partial charge in [-0.1, -0.05) is 41.9 Å². The van der Waals surface area contributed by atoms with Crippen LogP contribution in [-0.4, -0.2) is 24.4 Å². The van der Waals surface area contributed by atoms with Gasteiger partial charge >= 0.3 is 0 Å². The molecule has 1 amide bonds. The first-order chi connectivity index (χ1) is 9.93. The number of carbonyl (C=O) groups excluding carboxylic acids is 1. The van der Waals surface area contributed by atoms with Crippen LogP contribution in [0.2, 0.25) is 0 Å². The molecule has 0 heterocycles. The molecular formula is C17H26BrNO2. The highest BCUT2D eigenvalue weighted by molar-refractivity contribution is 9.09. The molecule has 4 heteroatoms. The average Bonchev–Trinajstić information content (AvgIpc) is 2.43. The molecule has 118 valence electrons. The molecule has 0 aliphatic heterocycles. The number of ether oxygens (including phenoxy) is 1. The Bertz CT molecular complexity index is 446. The minimum Gasteiger partial charge on any atom is -0.493 e. The summed E-state index contributed by atoms with van der Waals surface area (Å²) < 4.78 is 5.59. The van der Waals surface area contributed by atoms with Crippen molar-refractivity contribution in [1.82, 2.24) is 5.32 Å². The smallest absolute Gasteiger partial charge is 0.223 e. The van der Waals surface area contributed by atoms with Gasteiger partial charge in [-0.2, -0.15) is 0 Å². The molecule has 0 unspecified atom stereocenters. The van der Waals surface area contributed by atoms with E-state index in [4.69, 9.17) is 4.74 Å². The van der Waals surface area contributed by atoms with Gasteiger partial charge in [0.1, 0.15) is 5.75 Å². The van der Waals surface area contributed by atoms with Crippen molar-refractivity contribution in [3.8, 4) is 5.75 Å². The Morgan fingerprint density at radius 3 is 2.81 bits per heavy atom. The molecule has 0 fully saturated rings. The first-order valence-electron chi connectivity index (χ1n) is 7.45. The molecule has 0 aromatic heterocycles. The quantitative estimate of drug-likeness (QED) is 0.677. The number of rotatable bonds is 9. The Morgan fingerprint density at radius 1 is 1.38 bits per heavy atom. The fourth-order valence-corrected chi connectivity index (χ4v) is 2.31. The zero-order chi connectivity index (χ0) is 15.7. The van der Waals surface area contributed by atoms with E-state index in [1.807, 2.05) is 31.2 Å². The molecule has 0 aliphatic carbocycles. The Labute approximate surface area is 136 Å². The molecule has 1 aromatic rings. The second-order valence-electron chi connectivity index (χ2n) is 6.15. The second kappa shape index (κ2) is 9.08. The van der Waals surface area contributed by atoms with Gasteiger partial charge in [0, 0.05) is 11.9 Å². The van der Waals surface area contributed by atoms with Crippen molar-refractivity contribution in [1.29, 1.82) is 0 Å². The van der Waals surface area contributed by atoms with Gasteiger partial charge in [-0.15, -0.1) is 0 Å². The molecule has 0 atom stereocenters. The highest BCUT2D eigenvalue weighted by Gasteiger charge is 2.18. The van der Waals surface area contributed by atoms with E-state index >= 15 is 0 Å². The Balaban J connectivity index is 2.22. The van der Waals surface area contributed by atoms with Crippen molar-refractivity contribution in [2.45, 2.75) is 40.0 Å². The lowest BCUT2D eigenvalue weighted by atomic mass is 9.88. The molecule has 0 spiro atoms. The molecule has 0 radical (unpaired) electrons. The lowest BCUT2D eigenvalue weighted by Crippen LogP contribution is -2.34. The fourth-order valence-electron chi connectivity index (χ4n) is 2.03. The lowest BCUT2D eigenvalue weighted by molar-refractivity contribution is -0.122. The van der Waals surface area contributed by atoms with E-state index in [1.54, 1.807) is 0 Å². The first-order valence-corrected chi connectivity index (χ1v) is 8.57. The zero-order valence-corrected chi connectivity index (χ0v) is 14.8. The zero-order valence-electron chi connectivity index (χ0n) is 13.2. The minimum atomic E-state index is 0.0505. The summed E-state index contributed by atoms with van der Waals surface area (Å²) in [5.41, 5.74) is 1.30. The van der Waals surface area contributed by atoms with Gasteiger partial charge in [0.25, 0.3) is 0 Å². The van der Waals surface area contributed by atoms with E-state index in [1.165, 1.54) is 0 Å². The predicted octanol–water partition coefficient (Wildman–Crippen LogP) is 4.08. The van der Waals surface area contributed by atoms with Crippen LogP contribution in [0.4, 0.5) is 0 Å². The van der Waals surface area contributed by atoms with Crippen LogP contribution in [0.15, 0.2) is 24.3 Å². The van der Waals surface area contributed by atoms with Crippen molar-refractivity contribution in [2.75, 3.05) is 18.5 Å². The summed E-state index contributed by atoms with van der Waals surface area (Å²) in [5, 5.41) is 4.00. The third-order valence-electron chi connectivity index (χ3n) is 3.34. The van der Waals surface area contributed by atoms with Crippen LogP contribution in [0.1, 0.15) is 38.7 Å². The second-order valence-corrected chi connectivity index (χ2v) is 6.94. The van der Waals surface area contributed by atoms with Crippen molar-refractivity contribution in [3.63, 3.8) is 0 Å². The van der Waals surface area contributed by atoms with Crippen LogP contribution >= 0.6 is 15.9 Å². The van der Waals surface area contributed by atoms with Gasteiger partial charge in [-0.25, -0.2) is 0 Å². The van der Waals surface area contributed by atoms with Crippen LogP contribution < -0.4 is 10.1 Å². The number of nitrogens with one attached hydrogen (secondary N) is 1. The van der Waals surface area contributed by atoms with Crippen molar-refractivity contribution in [3.05, 3.63) is 29.8 Å². The van der Waals surface area contributed by atoms with Crippen LogP contribution in [-0.2, 0) is 4.79 Å². The van der Waals surface area contributed by atoms with Crippen molar-refractivity contribution >= 4 is 21.8 Å². The van der Waals surface area contributed by atoms with Crippen LogP contribution in [0.25, 0.3) is 0 Å². The fraction of sp³-hybridized carbons (Fsp3) is 0.588. The summed E-state index contributed by atoms with van der Waals surface area (Å²) in [6.45, 7) is 7.51. The first kappa shape index (κ1) is 18.0. The summed E-state index contributed by atoms with van der Waals surface area (Å²) in [4.78, 5) is 11.8. The molecule has 1 rings (SSSR count). The number of carbonyl (C=O) groups is 1. The largest absolute Gasteiger partial charge is 0.493 e. The van der Waals surface area contributed by atoms with Gasteiger partial charge in [0.05, 0.1) is 13.0 Å². The predicted molar refractivity (Wildman–Crippen MR) is 91.1 cm³/mol. The third-order valence-corrected chi connectivity index (χ3v) is 3.90. The monoisotopic (exact) mass is 355 g/mol. The summed E-state index contributed by atoms with van der Waals surface area (Å²) in [7, 11) is 0. The Hall–Kier alpha value is -1.03. The summed E-state index contributed by atoms with van der Waals surface area (Å²) in [6.07, 6.45) is 2.61. The number of hydrogen-bond donors (Lipinski definition) is 1. The number of aryl methyl sites for hydroxylation is 1. The van der Waals surface area contributed by atoms with E-state index in [2.05, 4.69) is 35.1 Å². The number of amides is 1. The molecule has 0 saturated heterocycles. The molecular weight excluding hydrogens is 330 g/mol. The Kier molecular flexibility index (Phi) is 7.79. The molecule has 0 bridgehead atoms. The highest BCUT2D eigenvalue weighted by Crippen LogP contribution is 2.21. The topological polar surface area (TPSA) is 38.3 Å². The molecule has 1 aromatic carbocycles. The number of halogens is 1. The maximum atomic E-state index is 11.8. The van der Waals surface area contributed by atoms with E-state index in [0.717, 1.165) is 29.5 Å². The van der Waals surface area contributed by atoms with Gasteiger partial charge in [-0.05, 0) is 42.9 Å². The maximum Gasteiger partial charge on any atom is 0.223 e. The third kappa shape index (κ3) is 8.10. The lowest BCUT2D eigenvalue weighted by Gasteiger charge is -2.24. The maximum absolute atomic E-state index is 11.8. The standard InChI is InChI=1S/C17H26BrNO2/c1-14-6-4-7-15(12-14)21-11-8-16(20)19-13-17(2,3)9-5-10-18/h4,6-7,12H,5,8-11,13H2,1-3H3,(H,19,20). The van der Waals surface area contributed by atoms with Gasteiger partial charge < -0.3 is 10.1 Å². The van der Waals surface area contributed by atoms with Gasteiger partial charge in [0.2, 0.25) is 5.91 Å². The Morgan fingerprint density at radius 2 is 2.14 bits per heavy atom. The molecule has 0 aliphatic rings. The normalized spacial score (nSPS) is 11.2. The summed E-state index contributed by atoms with van der Waals surface area (Å²) >= 11 is 3.44. The van der Waals surface area contributed by atoms with Crippen LogP contribution in [0.5, 0.6) is 5.75 Å². The summed E-state index contributed by atoms with van der Waals surface area (Å²) in [5.74, 6) is 0.870. The average molecular weight is 356 g/mol. The number of alkyl halides is 1. The molecule has 3 nitrogen and oxygen atoms in total. The van der Waals surface area contributed by atoms with Crippen molar-refractivity contribution in [2.24, 2.45) is 5.41 Å². The number of hydrogen-bond acceptors (Lipinski definition) is 2. The van der Waals surface area contributed by atoms with Gasteiger partial charge in [-0.3, -0.25) is 4.79 Å². The van der Waals surface area contributed by atoms with Crippen molar-refractivity contribution < 1.29 is 9.53 Å². The van der Waals surface area contributed by atoms with Gasteiger partial charge in [0.15, 0.2) is 0 Å². The van der Waals surface area contributed by atoms with E-state index in [0.29, 0.717) is 19.6 Å². The van der Waals surface area contributed by atoms with Crippen LogP contribution in [0, 0.1) is 12.3 Å². The molecule has 1 N–H and O–H groups in total. The van der Waals surface area contributed by atoms with Crippen LogP contribution in [0.3, 0.4) is 0 Å². The molecule has 0 saturated carbocycles. The minimum absolute atomic E-state index is 0.0505. The van der Waals surface area contributed by atoms with E-state index < -0.39 is 0 Å².